The van der Waals surface area contributed by atoms with Gasteiger partial charge in [-0.2, -0.15) is 0 Å². The van der Waals surface area contributed by atoms with Gasteiger partial charge < -0.3 is 15.4 Å². The van der Waals surface area contributed by atoms with Crippen LogP contribution in [0.1, 0.15) is 20.8 Å². The molecule has 0 aromatic rings. The van der Waals surface area contributed by atoms with E-state index in [1.54, 1.807) is 7.11 Å². The first-order valence-corrected chi connectivity index (χ1v) is 4.63. The molecule has 0 amide bonds. The van der Waals surface area contributed by atoms with Crippen molar-refractivity contribution in [2.75, 3.05) is 26.7 Å². The van der Waals surface area contributed by atoms with Crippen molar-refractivity contribution >= 4 is 0 Å². The van der Waals surface area contributed by atoms with Crippen molar-refractivity contribution < 1.29 is 4.74 Å². The van der Waals surface area contributed by atoms with Crippen LogP contribution in [0.2, 0.25) is 0 Å². The topological polar surface area (TPSA) is 33.3 Å². The lowest BCUT2D eigenvalue weighted by molar-refractivity contribution is 0.117. The largest absolute Gasteiger partial charge is 0.380 e. The molecule has 0 heterocycles. The lowest BCUT2D eigenvalue weighted by atomic mass is 10.4. The average molecular weight is 174 g/mol. The number of ether oxygens (including phenoxy) is 1. The fourth-order valence-corrected chi connectivity index (χ4v) is 0.838. The standard InChI is InChI=1S/C9H22N2O/c1-8(2)11-6-5-10-7-9(3)12-4/h8-11H,5-7H2,1-4H3. The lowest BCUT2D eigenvalue weighted by Gasteiger charge is -2.12. The Balaban J connectivity index is 3.00. The second-order valence-corrected chi connectivity index (χ2v) is 3.36. The molecule has 1 atom stereocenters. The summed E-state index contributed by atoms with van der Waals surface area (Å²) in [6, 6.07) is 0.576. The van der Waals surface area contributed by atoms with Gasteiger partial charge in [0.1, 0.15) is 0 Å². The summed E-state index contributed by atoms with van der Waals surface area (Å²) < 4.78 is 5.09. The van der Waals surface area contributed by atoms with Crippen LogP contribution in [0.15, 0.2) is 0 Å². The minimum Gasteiger partial charge on any atom is -0.380 e. The van der Waals surface area contributed by atoms with Gasteiger partial charge in [0, 0.05) is 32.8 Å². The second kappa shape index (κ2) is 7.53. The van der Waals surface area contributed by atoms with Crippen LogP contribution in [0.4, 0.5) is 0 Å². The van der Waals surface area contributed by atoms with Crippen LogP contribution in [0.5, 0.6) is 0 Å². The summed E-state index contributed by atoms with van der Waals surface area (Å²) in [7, 11) is 1.73. The van der Waals surface area contributed by atoms with Gasteiger partial charge in [0.25, 0.3) is 0 Å². The molecular formula is C9H22N2O. The van der Waals surface area contributed by atoms with E-state index >= 15 is 0 Å². The van der Waals surface area contributed by atoms with Crippen LogP contribution >= 0.6 is 0 Å². The minimum atomic E-state index is 0.309. The van der Waals surface area contributed by atoms with E-state index in [-0.39, 0.29) is 0 Å². The summed E-state index contributed by atoms with van der Waals surface area (Å²) in [6.07, 6.45) is 0.309. The van der Waals surface area contributed by atoms with E-state index in [1.165, 1.54) is 0 Å². The summed E-state index contributed by atoms with van der Waals surface area (Å²) in [5.41, 5.74) is 0. The Morgan fingerprint density at radius 3 is 2.33 bits per heavy atom. The van der Waals surface area contributed by atoms with E-state index in [4.69, 9.17) is 4.74 Å². The minimum absolute atomic E-state index is 0.309. The smallest absolute Gasteiger partial charge is 0.0667 e. The van der Waals surface area contributed by atoms with Gasteiger partial charge in [-0.1, -0.05) is 13.8 Å². The van der Waals surface area contributed by atoms with Gasteiger partial charge in [0.2, 0.25) is 0 Å². The first-order chi connectivity index (χ1) is 5.66. The third-order valence-electron chi connectivity index (χ3n) is 1.69. The highest BCUT2D eigenvalue weighted by atomic mass is 16.5. The van der Waals surface area contributed by atoms with Gasteiger partial charge in [0.15, 0.2) is 0 Å². The molecule has 0 radical (unpaired) electrons. The number of nitrogens with one attached hydrogen (secondary N) is 2. The van der Waals surface area contributed by atoms with Gasteiger partial charge >= 0.3 is 0 Å². The van der Waals surface area contributed by atoms with Crippen LogP contribution in [0, 0.1) is 0 Å². The van der Waals surface area contributed by atoms with Gasteiger partial charge in [-0.15, -0.1) is 0 Å². The van der Waals surface area contributed by atoms with Gasteiger partial charge in [-0.25, -0.2) is 0 Å². The Morgan fingerprint density at radius 1 is 1.17 bits per heavy atom. The molecule has 0 bridgehead atoms. The van der Waals surface area contributed by atoms with Crippen LogP contribution in [0.25, 0.3) is 0 Å². The Hall–Kier alpha value is -0.120. The van der Waals surface area contributed by atoms with E-state index in [9.17, 15) is 0 Å². The number of methoxy groups -OCH3 is 1. The molecule has 0 aliphatic heterocycles. The third-order valence-corrected chi connectivity index (χ3v) is 1.69. The van der Waals surface area contributed by atoms with E-state index in [1.807, 2.05) is 0 Å². The lowest BCUT2D eigenvalue weighted by Crippen LogP contribution is -2.34. The second-order valence-electron chi connectivity index (χ2n) is 3.36. The predicted molar refractivity (Wildman–Crippen MR) is 52.5 cm³/mol. The van der Waals surface area contributed by atoms with Crippen molar-refractivity contribution in [1.82, 2.24) is 10.6 Å². The molecule has 0 aromatic carbocycles. The number of hydrogen-bond donors (Lipinski definition) is 2. The maximum atomic E-state index is 5.09. The highest BCUT2D eigenvalue weighted by molar-refractivity contribution is 4.58. The van der Waals surface area contributed by atoms with Crippen LogP contribution in [-0.4, -0.2) is 38.9 Å². The van der Waals surface area contributed by atoms with Crippen molar-refractivity contribution in [3.63, 3.8) is 0 Å². The Kier molecular flexibility index (Phi) is 7.45. The molecule has 0 aliphatic carbocycles. The van der Waals surface area contributed by atoms with Gasteiger partial charge in [0.05, 0.1) is 6.10 Å². The summed E-state index contributed by atoms with van der Waals surface area (Å²) in [5, 5.41) is 6.64. The SMILES string of the molecule is COC(C)CNCCNC(C)C. The Labute approximate surface area is 75.9 Å². The van der Waals surface area contributed by atoms with Crippen molar-refractivity contribution in [3.05, 3.63) is 0 Å². The van der Waals surface area contributed by atoms with E-state index in [0.29, 0.717) is 12.1 Å². The summed E-state index contributed by atoms with van der Waals surface area (Å²) in [5.74, 6) is 0. The molecule has 74 valence electrons. The zero-order chi connectivity index (χ0) is 9.40. The normalized spacial score (nSPS) is 13.8. The maximum Gasteiger partial charge on any atom is 0.0667 e. The molecule has 0 rings (SSSR count). The fraction of sp³-hybridized carbons (Fsp3) is 1.00. The van der Waals surface area contributed by atoms with Crippen molar-refractivity contribution in [2.24, 2.45) is 0 Å². The Morgan fingerprint density at radius 2 is 1.83 bits per heavy atom. The first-order valence-electron chi connectivity index (χ1n) is 4.63. The van der Waals surface area contributed by atoms with E-state index < -0.39 is 0 Å². The average Bonchev–Trinajstić information content (AvgIpc) is 2.03. The van der Waals surface area contributed by atoms with Crippen LogP contribution in [-0.2, 0) is 4.74 Å². The molecule has 0 aliphatic rings. The monoisotopic (exact) mass is 174 g/mol. The highest BCUT2D eigenvalue weighted by Gasteiger charge is 1.97. The summed E-state index contributed by atoms with van der Waals surface area (Å²) in [4.78, 5) is 0. The molecule has 0 saturated heterocycles. The maximum absolute atomic E-state index is 5.09. The predicted octanol–water partition coefficient (Wildman–Crippen LogP) is 0.609. The van der Waals surface area contributed by atoms with Crippen molar-refractivity contribution in [2.45, 2.75) is 32.9 Å². The van der Waals surface area contributed by atoms with E-state index in [2.05, 4.69) is 31.4 Å². The quantitative estimate of drug-likeness (QED) is 0.555. The molecule has 0 aromatic heterocycles. The first kappa shape index (κ1) is 11.9. The molecule has 0 fully saturated rings. The molecular weight excluding hydrogens is 152 g/mol. The van der Waals surface area contributed by atoms with Gasteiger partial charge in [-0.05, 0) is 6.92 Å². The van der Waals surface area contributed by atoms with Crippen molar-refractivity contribution in [3.8, 4) is 0 Å². The molecule has 0 spiro atoms. The molecule has 1 unspecified atom stereocenters. The van der Waals surface area contributed by atoms with Crippen LogP contribution < -0.4 is 10.6 Å². The summed E-state index contributed by atoms with van der Waals surface area (Å²) in [6.45, 7) is 9.31. The zero-order valence-electron chi connectivity index (χ0n) is 8.68. The molecule has 0 saturated carbocycles. The third kappa shape index (κ3) is 7.98. The fourth-order valence-electron chi connectivity index (χ4n) is 0.838. The Bertz CT molecular complexity index is 96.5. The van der Waals surface area contributed by atoms with Gasteiger partial charge in [-0.3, -0.25) is 0 Å². The number of hydrogen-bond acceptors (Lipinski definition) is 3. The van der Waals surface area contributed by atoms with E-state index in [0.717, 1.165) is 19.6 Å². The summed E-state index contributed by atoms with van der Waals surface area (Å²) >= 11 is 0. The molecule has 3 heteroatoms. The molecule has 3 nitrogen and oxygen atoms in total. The van der Waals surface area contributed by atoms with Crippen molar-refractivity contribution in [1.29, 1.82) is 0 Å². The molecule has 2 N–H and O–H groups in total. The molecule has 12 heavy (non-hydrogen) atoms. The van der Waals surface area contributed by atoms with Crippen LogP contribution in [0.3, 0.4) is 0 Å². The highest BCUT2D eigenvalue weighted by Crippen LogP contribution is 1.82. The number of rotatable bonds is 7. The zero-order valence-corrected chi connectivity index (χ0v) is 8.68.